The minimum absolute atomic E-state index is 0.287. The van der Waals surface area contributed by atoms with E-state index in [2.05, 4.69) is 14.9 Å². The molecule has 3 aromatic rings. The molecule has 0 spiro atoms. The first-order valence-electron chi connectivity index (χ1n) is 9.13. The smallest absolute Gasteiger partial charge is 0.342 e. The molecule has 0 atom stereocenters. The Morgan fingerprint density at radius 2 is 1.86 bits per heavy atom. The molecular weight excluding hydrogens is 367 g/mol. The number of alkyl halides is 3. The van der Waals surface area contributed by atoms with Crippen LogP contribution in [0.1, 0.15) is 36.1 Å². The molecule has 8 heteroatoms. The van der Waals surface area contributed by atoms with Crippen molar-refractivity contribution in [1.29, 1.82) is 5.26 Å². The molecule has 144 valence electrons. The zero-order chi connectivity index (χ0) is 19.7. The summed E-state index contributed by atoms with van der Waals surface area (Å²) >= 11 is 0. The van der Waals surface area contributed by atoms with Gasteiger partial charge in [-0.1, -0.05) is 0 Å². The van der Waals surface area contributed by atoms with E-state index in [1.54, 1.807) is 16.7 Å². The van der Waals surface area contributed by atoms with Crippen LogP contribution in [0, 0.1) is 11.3 Å². The highest BCUT2D eigenvalue weighted by molar-refractivity contribution is 5.80. The molecule has 0 bridgehead atoms. The fraction of sp³-hybridized carbons (Fsp3) is 0.350. The summed E-state index contributed by atoms with van der Waals surface area (Å²) in [5.74, 6) is 0.667. The summed E-state index contributed by atoms with van der Waals surface area (Å²) < 4.78 is 41.5. The molecule has 1 aliphatic rings. The van der Waals surface area contributed by atoms with Crippen LogP contribution >= 0.6 is 0 Å². The van der Waals surface area contributed by atoms with E-state index in [0.717, 1.165) is 44.5 Å². The predicted octanol–water partition coefficient (Wildman–Crippen LogP) is 4.36. The number of rotatable bonds is 3. The Morgan fingerprint density at radius 1 is 1.07 bits per heavy atom. The second kappa shape index (κ2) is 7.15. The molecule has 5 nitrogen and oxygen atoms in total. The summed E-state index contributed by atoms with van der Waals surface area (Å²) in [6.07, 6.45) is 0.266. The number of benzene rings is 1. The van der Waals surface area contributed by atoms with Crippen molar-refractivity contribution in [3.8, 4) is 6.07 Å². The monoisotopic (exact) mass is 385 g/mol. The van der Waals surface area contributed by atoms with Crippen molar-refractivity contribution in [2.24, 2.45) is 0 Å². The highest BCUT2D eigenvalue weighted by atomic mass is 19.4. The molecule has 2 aromatic heterocycles. The Bertz CT molecular complexity index is 1020. The van der Waals surface area contributed by atoms with Crippen molar-refractivity contribution in [3.63, 3.8) is 0 Å². The van der Waals surface area contributed by atoms with E-state index in [4.69, 9.17) is 5.26 Å². The minimum atomic E-state index is -4.42. The number of hydrogen-bond donors (Lipinski definition) is 0. The molecule has 1 aliphatic heterocycles. The van der Waals surface area contributed by atoms with Gasteiger partial charge in [-0.15, -0.1) is 0 Å². The van der Waals surface area contributed by atoms with Crippen LogP contribution in [-0.2, 0) is 12.7 Å². The van der Waals surface area contributed by atoms with Crippen LogP contribution in [0.15, 0.2) is 36.5 Å². The summed E-state index contributed by atoms with van der Waals surface area (Å²) in [4.78, 5) is 11.0. The molecule has 4 rings (SSSR count). The summed E-state index contributed by atoms with van der Waals surface area (Å²) in [7, 11) is 0. The number of hydrogen-bond acceptors (Lipinski definition) is 4. The number of nitriles is 1. The molecule has 0 amide bonds. The average molecular weight is 385 g/mol. The second-order valence-corrected chi connectivity index (χ2v) is 6.90. The molecule has 0 unspecified atom stereocenters. The fourth-order valence-corrected chi connectivity index (χ4v) is 3.52. The van der Waals surface area contributed by atoms with Gasteiger partial charge < -0.3 is 9.47 Å². The van der Waals surface area contributed by atoms with E-state index in [9.17, 15) is 13.2 Å². The molecule has 1 saturated heterocycles. The number of nitrogens with zero attached hydrogens (tertiary/aromatic N) is 5. The van der Waals surface area contributed by atoms with Crippen molar-refractivity contribution in [1.82, 2.24) is 14.5 Å². The quantitative estimate of drug-likeness (QED) is 0.672. The van der Waals surface area contributed by atoms with Crippen molar-refractivity contribution < 1.29 is 13.2 Å². The first kappa shape index (κ1) is 18.3. The Labute approximate surface area is 160 Å². The Balaban J connectivity index is 1.81. The Hall–Kier alpha value is -3.08. The van der Waals surface area contributed by atoms with Gasteiger partial charge >= 0.3 is 6.18 Å². The average Bonchev–Trinajstić information content (AvgIpc) is 3.06. The maximum atomic E-state index is 13.2. The molecule has 28 heavy (non-hydrogen) atoms. The number of halogens is 3. The van der Waals surface area contributed by atoms with Gasteiger partial charge in [0.1, 0.15) is 6.07 Å². The summed E-state index contributed by atoms with van der Waals surface area (Å²) in [5.41, 5.74) is 1.37. The molecule has 0 aliphatic carbocycles. The van der Waals surface area contributed by atoms with E-state index in [-0.39, 0.29) is 6.54 Å². The van der Waals surface area contributed by atoms with Crippen molar-refractivity contribution >= 4 is 17.0 Å². The van der Waals surface area contributed by atoms with Crippen molar-refractivity contribution in [3.05, 3.63) is 53.3 Å². The lowest BCUT2D eigenvalue weighted by atomic mass is 10.1. The summed E-state index contributed by atoms with van der Waals surface area (Å²) in [5, 5.41) is 8.93. The van der Waals surface area contributed by atoms with Crippen LogP contribution in [0.3, 0.4) is 0 Å². The zero-order valence-electron chi connectivity index (χ0n) is 15.1. The van der Waals surface area contributed by atoms with Crippen molar-refractivity contribution in [2.75, 3.05) is 18.0 Å². The molecular formula is C20H18F3N5. The lowest BCUT2D eigenvalue weighted by Gasteiger charge is -2.28. The summed E-state index contributed by atoms with van der Waals surface area (Å²) in [6.45, 7) is 1.95. The summed E-state index contributed by atoms with van der Waals surface area (Å²) in [6, 6.07) is 9.04. The molecule has 0 radical (unpaired) electrons. The van der Waals surface area contributed by atoms with Gasteiger partial charge in [0, 0.05) is 19.3 Å². The lowest BCUT2D eigenvalue weighted by molar-refractivity contribution is -0.137. The van der Waals surface area contributed by atoms with Gasteiger partial charge in [0.25, 0.3) is 0 Å². The third kappa shape index (κ3) is 3.52. The maximum absolute atomic E-state index is 13.2. The van der Waals surface area contributed by atoms with E-state index < -0.39 is 11.7 Å². The van der Waals surface area contributed by atoms with Gasteiger partial charge in [0.05, 0.1) is 34.4 Å². The Morgan fingerprint density at radius 3 is 2.50 bits per heavy atom. The number of fused-ring (bicyclic) bond motifs is 1. The molecule has 1 fully saturated rings. The largest absolute Gasteiger partial charge is 0.416 e. The van der Waals surface area contributed by atoms with Gasteiger partial charge in [0.2, 0.25) is 5.95 Å². The zero-order valence-corrected chi connectivity index (χ0v) is 15.1. The number of aromatic nitrogens is 3. The molecule has 1 aromatic carbocycles. The van der Waals surface area contributed by atoms with Gasteiger partial charge in [-0.2, -0.15) is 18.4 Å². The van der Waals surface area contributed by atoms with Crippen LogP contribution in [0.5, 0.6) is 0 Å². The van der Waals surface area contributed by atoms with Gasteiger partial charge in [0.15, 0.2) is 0 Å². The van der Waals surface area contributed by atoms with E-state index in [1.807, 2.05) is 6.07 Å². The fourth-order valence-electron chi connectivity index (χ4n) is 3.52. The van der Waals surface area contributed by atoms with Crippen LogP contribution in [-0.4, -0.2) is 27.6 Å². The SMILES string of the molecule is N#Cc1ccc(Cn2c(N3CCCCC3)nc3ccc(C(F)(F)F)cc32)nc1. The lowest BCUT2D eigenvalue weighted by Crippen LogP contribution is -2.32. The number of anilines is 1. The molecule has 0 saturated carbocycles. The topological polar surface area (TPSA) is 57.7 Å². The highest BCUT2D eigenvalue weighted by Crippen LogP contribution is 2.33. The second-order valence-electron chi connectivity index (χ2n) is 6.90. The number of imidazole rings is 1. The predicted molar refractivity (Wildman–Crippen MR) is 98.9 cm³/mol. The Kier molecular flexibility index (Phi) is 4.67. The van der Waals surface area contributed by atoms with Gasteiger partial charge in [-0.25, -0.2) is 4.98 Å². The number of piperidine rings is 1. The maximum Gasteiger partial charge on any atom is 0.416 e. The van der Waals surface area contributed by atoms with E-state index in [0.29, 0.717) is 28.2 Å². The first-order valence-corrected chi connectivity index (χ1v) is 9.13. The van der Waals surface area contributed by atoms with Crippen molar-refractivity contribution in [2.45, 2.75) is 32.0 Å². The van der Waals surface area contributed by atoms with Gasteiger partial charge in [-0.05, 0) is 49.6 Å². The standard InChI is InChI=1S/C20H18F3N5/c21-20(22,23)15-5-7-17-18(10-15)28(13-16-6-4-14(11-24)12-25-16)19(26-17)27-8-2-1-3-9-27/h4-7,10,12H,1-3,8-9,13H2. The minimum Gasteiger partial charge on any atom is -0.342 e. The van der Waals surface area contributed by atoms with E-state index >= 15 is 0 Å². The normalized spacial score (nSPS) is 15.0. The van der Waals surface area contributed by atoms with E-state index in [1.165, 1.54) is 12.3 Å². The molecule has 3 heterocycles. The first-order chi connectivity index (χ1) is 13.5. The third-order valence-electron chi connectivity index (χ3n) is 4.97. The van der Waals surface area contributed by atoms with Crippen LogP contribution in [0.25, 0.3) is 11.0 Å². The van der Waals surface area contributed by atoms with Crippen LogP contribution < -0.4 is 4.90 Å². The third-order valence-corrected chi connectivity index (χ3v) is 4.97. The van der Waals surface area contributed by atoms with Gasteiger partial charge in [-0.3, -0.25) is 4.98 Å². The molecule has 0 N–H and O–H groups in total. The van der Waals surface area contributed by atoms with Crippen LogP contribution in [0.2, 0.25) is 0 Å². The number of pyridine rings is 1. The van der Waals surface area contributed by atoms with Crippen LogP contribution in [0.4, 0.5) is 19.1 Å². The highest BCUT2D eigenvalue weighted by Gasteiger charge is 2.31.